The molecule has 1 heterocycles. The zero-order chi connectivity index (χ0) is 13.7. The Labute approximate surface area is 124 Å². The molecule has 1 aromatic heterocycles. The SMILES string of the molecule is CCC(CC)NC(=O)Cn1cnc(Cl)c(I)c1=O. The molecule has 5 nitrogen and oxygen atoms in total. The van der Waals surface area contributed by atoms with Gasteiger partial charge in [0.2, 0.25) is 5.91 Å². The fourth-order valence-corrected chi connectivity index (χ4v) is 2.05. The largest absolute Gasteiger partial charge is 0.352 e. The minimum atomic E-state index is -0.296. The van der Waals surface area contributed by atoms with Crippen LogP contribution in [0.4, 0.5) is 0 Å². The van der Waals surface area contributed by atoms with Crippen molar-refractivity contribution in [3.8, 4) is 0 Å². The second-order valence-electron chi connectivity index (χ2n) is 3.86. The van der Waals surface area contributed by atoms with Gasteiger partial charge in [0, 0.05) is 6.04 Å². The van der Waals surface area contributed by atoms with E-state index in [9.17, 15) is 9.59 Å². The van der Waals surface area contributed by atoms with E-state index in [4.69, 9.17) is 11.6 Å². The molecule has 0 radical (unpaired) electrons. The van der Waals surface area contributed by atoms with Crippen molar-refractivity contribution in [1.29, 1.82) is 0 Å². The van der Waals surface area contributed by atoms with Crippen LogP contribution in [-0.4, -0.2) is 21.5 Å². The van der Waals surface area contributed by atoms with Crippen LogP contribution in [0.3, 0.4) is 0 Å². The van der Waals surface area contributed by atoms with Crippen LogP contribution in [-0.2, 0) is 11.3 Å². The number of carbonyl (C=O) groups excluding carboxylic acids is 1. The van der Waals surface area contributed by atoms with Crippen LogP contribution in [0.5, 0.6) is 0 Å². The maximum atomic E-state index is 11.8. The minimum absolute atomic E-state index is 0.0322. The van der Waals surface area contributed by atoms with Crippen LogP contribution in [0.25, 0.3) is 0 Å². The number of hydrogen-bond acceptors (Lipinski definition) is 3. The standard InChI is InChI=1S/C11H15ClIN3O2/c1-3-7(4-2)15-8(17)5-16-6-14-10(12)9(13)11(16)18/h6-7H,3-5H2,1-2H3,(H,15,17). The molecule has 1 N–H and O–H groups in total. The highest BCUT2D eigenvalue weighted by atomic mass is 127. The van der Waals surface area contributed by atoms with E-state index < -0.39 is 0 Å². The molecule has 1 aromatic rings. The van der Waals surface area contributed by atoms with Gasteiger partial charge in [-0.15, -0.1) is 0 Å². The lowest BCUT2D eigenvalue weighted by molar-refractivity contribution is -0.122. The van der Waals surface area contributed by atoms with Crippen LogP contribution < -0.4 is 10.9 Å². The fraction of sp³-hybridized carbons (Fsp3) is 0.545. The van der Waals surface area contributed by atoms with Crippen molar-refractivity contribution in [3.05, 3.63) is 25.4 Å². The van der Waals surface area contributed by atoms with Crippen molar-refractivity contribution in [1.82, 2.24) is 14.9 Å². The molecule has 18 heavy (non-hydrogen) atoms. The number of halogens is 2. The molecular weight excluding hydrogens is 368 g/mol. The summed E-state index contributed by atoms with van der Waals surface area (Å²) in [5, 5.41) is 3.03. The molecule has 0 spiro atoms. The molecule has 0 aromatic carbocycles. The zero-order valence-electron chi connectivity index (χ0n) is 10.2. The van der Waals surface area contributed by atoms with Gasteiger partial charge in [-0.2, -0.15) is 0 Å². The van der Waals surface area contributed by atoms with E-state index in [0.717, 1.165) is 12.8 Å². The lowest BCUT2D eigenvalue weighted by Gasteiger charge is -2.15. The van der Waals surface area contributed by atoms with Gasteiger partial charge in [-0.3, -0.25) is 14.2 Å². The van der Waals surface area contributed by atoms with Gasteiger partial charge >= 0.3 is 0 Å². The summed E-state index contributed by atoms with van der Waals surface area (Å²) in [5.74, 6) is -0.189. The summed E-state index contributed by atoms with van der Waals surface area (Å²) in [6, 6.07) is 0.146. The smallest absolute Gasteiger partial charge is 0.268 e. The van der Waals surface area contributed by atoms with E-state index >= 15 is 0 Å². The Hall–Kier alpha value is -0.630. The second-order valence-corrected chi connectivity index (χ2v) is 5.30. The van der Waals surface area contributed by atoms with Crippen LogP contribution in [0.15, 0.2) is 11.1 Å². The lowest BCUT2D eigenvalue weighted by Crippen LogP contribution is -2.38. The Morgan fingerprint density at radius 1 is 1.56 bits per heavy atom. The Bertz CT molecular complexity index is 486. The van der Waals surface area contributed by atoms with Crippen molar-refractivity contribution >= 4 is 40.1 Å². The maximum Gasteiger partial charge on any atom is 0.268 e. The van der Waals surface area contributed by atoms with E-state index in [0.29, 0.717) is 3.57 Å². The third kappa shape index (κ3) is 3.94. The van der Waals surface area contributed by atoms with Gasteiger partial charge in [-0.1, -0.05) is 25.4 Å². The molecule has 0 fully saturated rings. The molecular formula is C11H15ClIN3O2. The molecule has 0 atom stereocenters. The minimum Gasteiger partial charge on any atom is -0.352 e. The summed E-state index contributed by atoms with van der Waals surface area (Å²) in [4.78, 5) is 27.4. The van der Waals surface area contributed by atoms with Crippen LogP contribution in [0.1, 0.15) is 26.7 Å². The summed E-state index contributed by atoms with van der Waals surface area (Å²) in [7, 11) is 0. The van der Waals surface area contributed by atoms with E-state index in [2.05, 4.69) is 10.3 Å². The monoisotopic (exact) mass is 383 g/mol. The first-order chi connectivity index (χ1) is 8.49. The number of carbonyl (C=O) groups is 1. The molecule has 100 valence electrons. The third-order valence-corrected chi connectivity index (χ3v) is 4.18. The Kier molecular flexibility index (Phi) is 6.07. The first-order valence-electron chi connectivity index (χ1n) is 5.69. The van der Waals surface area contributed by atoms with Gasteiger partial charge in [-0.25, -0.2) is 4.98 Å². The first kappa shape index (κ1) is 15.4. The number of amides is 1. The van der Waals surface area contributed by atoms with Gasteiger partial charge in [0.25, 0.3) is 5.56 Å². The predicted molar refractivity (Wildman–Crippen MR) is 78.7 cm³/mol. The molecule has 1 rings (SSSR count). The van der Waals surface area contributed by atoms with E-state index in [1.165, 1.54) is 10.9 Å². The second kappa shape index (κ2) is 7.08. The topological polar surface area (TPSA) is 64.0 Å². The Morgan fingerprint density at radius 2 is 2.17 bits per heavy atom. The highest BCUT2D eigenvalue weighted by molar-refractivity contribution is 14.1. The van der Waals surface area contributed by atoms with Crippen molar-refractivity contribution in [3.63, 3.8) is 0 Å². The normalized spacial score (nSPS) is 10.7. The van der Waals surface area contributed by atoms with Gasteiger partial charge in [0.15, 0.2) is 0 Å². The fourth-order valence-electron chi connectivity index (χ4n) is 1.48. The Balaban J connectivity index is 2.77. The summed E-state index contributed by atoms with van der Waals surface area (Å²) in [5.41, 5.74) is -0.296. The van der Waals surface area contributed by atoms with Crippen LogP contribution in [0, 0.1) is 3.57 Å². The highest BCUT2D eigenvalue weighted by Crippen LogP contribution is 2.09. The van der Waals surface area contributed by atoms with E-state index in [1.807, 2.05) is 36.4 Å². The molecule has 0 bridgehead atoms. The van der Waals surface area contributed by atoms with Crippen molar-refractivity contribution in [2.45, 2.75) is 39.3 Å². The summed E-state index contributed by atoms with van der Waals surface area (Å²) < 4.78 is 1.58. The van der Waals surface area contributed by atoms with Gasteiger partial charge in [-0.05, 0) is 35.4 Å². The predicted octanol–water partition coefficient (Wildman–Crippen LogP) is 1.81. The first-order valence-corrected chi connectivity index (χ1v) is 7.15. The van der Waals surface area contributed by atoms with E-state index in [-0.39, 0.29) is 29.2 Å². The third-order valence-electron chi connectivity index (χ3n) is 2.60. The molecule has 0 saturated heterocycles. The molecule has 0 aliphatic carbocycles. The quantitative estimate of drug-likeness (QED) is 0.623. The number of aromatic nitrogens is 2. The van der Waals surface area contributed by atoms with Crippen LogP contribution >= 0.6 is 34.2 Å². The molecule has 0 unspecified atom stereocenters. The molecule has 0 aliphatic heterocycles. The van der Waals surface area contributed by atoms with Gasteiger partial charge in [0.05, 0.1) is 6.33 Å². The molecule has 0 aliphatic rings. The van der Waals surface area contributed by atoms with Gasteiger partial charge < -0.3 is 5.32 Å². The highest BCUT2D eigenvalue weighted by Gasteiger charge is 2.12. The van der Waals surface area contributed by atoms with Crippen molar-refractivity contribution in [2.75, 3.05) is 0 Å². The van der Waals surface area contributed by atoms with Crippen molar-refractivity contribution in [2.24, 2.45) is 0 Å². The summed E-state index contributed by atoms with van der Waals surface area (Å²) >= 11 is 7.54. The van der Waals surface area contributed by atoms with E-state index in [1.54, 1.807) is 0 Å². The summed E-state index contributed by atoms with van der Waals surface area (Å²) in [6.07, 6.45) is 3.03. The number of hydrogen-bond donors (Lipinski definition) is 1. The van der Waals surface area contributed by atoms with Gasteiger partial charge in [0.1, 0.15) is 15.3 Å². The van der Waals surface area contributed by atoms with Crippen LogP contribution in [0.2, 0.25) is 5.15 Å². The number of rotatable bonds is 5. The number of nitrogens with one attached hydrogen (secondary N) is 1. The zero-order valence-corrected chi connectivity index (χ0v) is 13.2. The maximum absolute atomic E-state index is 11.8. The summed E-state index contributed by atoms with van der Waals surface area (Å²) in [6.45, 7) is 3.98. The molecule has 0 saturated carbocycles. The van der Waals surface area contributed by atoms with Crippen molar-refractivity contribution < 1.29 is 4.79 Å². The number of nitrogens with zero attached hydrogens (tertiary/aromatic N) is 2. The molecule has 1 amide bonds. The average molecular weight is 384 g/mol. The average Bonchev–Trinajstić information content (AvgIpc) is 2.36. The molecule has 7 heteroatoms. The lowest BCUT2D eigenvalue weighted by atomic mass is 10.2. The Morgan fingerprint density at radius 3 is 2.72 bits per heavy atom.